The monoisotopic (exact) mass is 301 g/mol. The molecule has 3 rings (SSSR count). The maximum Gasteiger partial charge on any atom is 0.311 e. The molecule has 1 aliphatic heterocycles. The number of aliphatic carboxylic acids is 1. The molecule has 0 saturated carbocycles. The zero-order valence-corrected chi connectivity index (χ0v) is 12.9. The Hall–Kier alpha value is -2.44. The Labute approximate surface area is 128 Å². The lowest BCUT2D eigenvalue weighted by Crippen LogP contribution is -2.32. The molecule has 7 heteroatoms. The van der Waals surface area contributed by atoms with E-state index in [9.17, 15) is 9.90 Å². The SMILES string of the molecule is Cc1cc(C)n(-c2cncc(N3CCC(C)(C(=O)O)C3)n2)n1. The first-order chi connectivity index (χ1) is 10.4. The van der Waals surface area contributed by atoms with E-state index in [1.807, 2.05) is 24.8 Å². The second-order valence-electron chi connectivity index (χ2n) is 6.11. The van der Waals surface area contributed by atoms with Gasteiger partial charge in [0.15, 0.2) is 5.82 Å². The van der Waals surface area contributed by atoms with Gasteiger partial charge < -0.3 is 10.0 Å². The lowest BCUT2D eigenvalue weighted by atomic mass is 9.90. The summed E-state index contributed by atoms with van der Waals surface area (Å²) in [6, 6.07) is 1.98. The van der Waals surface area contributed by atoms with Gasteiger partial charge in [0, 0.05) is 18.8 Å². The van der Waals surface area contributed by atoms with Crippen LogP contribution in [0.3, 0.4) is 0 Å². The summed E-state index contributed by atoms with van der Waals surface area (Å²) in [7, 11) is 0. The summed E-state index contributed by atoms with van der Waals surface area (Å²) in [6.07, 6.45) is 3.94. The Balaban J connectivity index is 1.90. The average molecular weight is 301 g/mol. The highest BCUT2D eigenvalue weighted by Gasteiger charge is 2.41. The maximum absolute atomic E-state index is 11.4. The van der Waals surface area contributed by atoms with Gasteiger partial charge in [-0.05, 0) is 33.3 Å². The molecular formula is C15H19N5O2. The fraction of sp³-hybridized carbons (Fsp3) is 0.467. The van der Waals surface area contributed by atoms with Crippen molar-refractivity contribution in [3.63, 3.8) is 0 Å². The zero-order chi connectivity index (χ0) is 15.9. The molecule has 2 aromatic heterocycles. The van der Waals surface area contributed by atoms with Crippen molar-refractivity contribution in [1.82, 2.24) is 19.7 Å². The zero-order valence-electron chi connectivity index (χ0n) is 12.9. The third-order valence-corrected chi connectivity index (χ3v) is 4.15. The fourth-order valence-electron chi connectivity index (χ4n) is 2.79. The second kappa shape index (κ2) is 5.08. The molecule has 2 aromatic rings. The van der Waals surface area contributed by atoms with Gasteiger partial charge in [0.2, 0.25) is 0 Å². The first-order valence-electron chi connectivity index (χ1n) is 7.23. The van der Waals surface area contributed by atoms with Gasteiger partial charge in [0.05, 0.1) is 23.5 Å². The molecule has 7 nitrogen and oxygen atoms in total. The number of anilines is 1. The smallest absolute Gasteiger partial charge is 0.311 e. The van der Waals surface area contributed by atoms with Crippen molar-refractivity contribution in [3.05, 3.63) is 29.8 Å². The minimum atomic E-state index is -0.766. The van der Waals surface area contributed by atoms with Crippen LogP contribution in [0.5, 0.6) is 0 Å². The van der Waals surface area contributed by atoms with Gasteiger partial charge in [-0.2, -0.15) is 5.10 Å². The van der Waals surface area contributed by atoms with Crippen molar-refractivity contribution < 1.29 is 9.90 Å². The Kier molecular flexibility index (Phi) is 3.35. The summed E-state index contributed by atoms with van der Waals surface area (Å²) in [5, 5.41) is 13.7. The normalized spacial score (nSPS) is 21.3. The van der Waals surface area contributed by atoms with Crippen LogP contribution in [0.1, 0.15) is 24.7 Å². The summed E-state index contributed by atoms with van der Waals surface area (Å²) >= 11 is 0. The van der Waals surface area contributed by atoms with E-state index in [0.717, 1.165) is 11.4 Å². The Morgan fingerprint density at radius 3 is 2.64 bits per heavy atom. The number of carbonyl (C=O) groups is 1. The highest BCUT2D eigenvalue weighted by molar-refractivity contribution is 5.76. The van der Waals surface area contributed by atoms with Gasteiger partial charge >= 0.3 is 5.97 Å². The number of rotatable bonds is 3. The average Bonchev–Trinajstić information content (AvgIpc) is 3.03. The lowest BCUT2D eigenvalue weighted by molar-refractivity contribution is -0.146. The summed E-state index contributed by atoms with van der Waals surface area (Å²) in [5.74, 6) is 0.569. The van der Waals surface area contributed by atoms with E-state index in [0.29, 0.717) is 31.1 Å². The minimum absolute atomic E-state index is 0.442. The maximum atomic E-state index is 11.4. The van der Waals surface area contributed by atoms with Crippen LogP contribution in [0.4, 0.5) is 5.82 Å². The first-order valence-corrected chi connectivity index (χ1v) is 7.23. The Morgan fingerprint density at radius 1 is 1.32 bits per heavy atom. The molecule has 22 heavy (non-hydrogen) atoms. The molecule has 1 fully saturated rings. The summed E-state index contributed by atoms with van der Waals surface area (Å²) in [6.45, 7) is 6.77. The summed E-state index contributed by atoms with van der Waals surface area (Å²) in [4.78, 5) is 22.2. The van der Waals surface area contributed by atoms with Crippen LogP contribution < -0.4 is 4.90 Å². The summed E-state index contributed by atoms with van der Waals surface area (Å²) < 4.78 is 1.75. The molecule has 3 heterocycles. The van der Waals surface area contributed by atoms with Crippen molar-refractivity contribution in [2.45, 2.75) is 27.2 Å². The molecule has 0 aromatic carbocycles. The number of carboxylic acids is 1. The van der Waals surface area contributed by atoms with Gasteiger partial charge in [-0.1, -0.05) is 0 Å². The number of carboxylic acid groups (broad SMARTS) is 1. The van der Waals surface area contributed by atoms with Crippen molar-refractivity contribution in [3.8, 4) is 5.82 Å². The van der Waals surface area contributed by atoms with E-state index in [2.05, 4.69) is 15.1 Å². The number of hydrogen-bond donors (Lipinski definition) is 1. The van der Waals surface area contributed by atoms with Crippen molar-refractivity contribution in [1.29, 1.82) is 0 Å². The molecule has 1 N–H and O–H groups in total. The molecule has 1 atom stereocenters. The van der Waals surface area contributed by atoms with Gasteiger partial charge in [-0.3, -0.25) is 9.78 Å². The molecule has 0 aliphatic carbocycles. The van der Waals surface area contributed by atoms with Crippen molar-refractivity contribution in [2.24, 2.45) is 5.41 Å². The topological polar surface area (TPSA) is 84.1 Å². The number of aryl methyl sites for hydroxylation is 2. The van der Waals surface area contributed by atoms with E-state index in [1.165, 1.54) is 0 Å². The van der Waals surface area contributed by atoms with E-state index in [1.54, 1.807) is 24.0 Å². The number of nitrogens with zero attached hydrogens (tertiary/aromatic N) is 5. The second-order valence-corrected chi connectivity index (χ2v) is 6.11. The molecular weight excluding hydrogens is 282 g/mol. The van der Waals surface area contributed by atoms with E-state index in [-0.39, 0.29) is 0 Å². The molecule has 1 aliphatic rings. The molecule has 0 spiro atoms. The van der Waals surface area contributed by atoms with Crippen LogP contribution in [-0.4, -0.2) is 43.9 Å². The van der Waals surface area contributed by atoms with Gasteiger partial charge in [-0.25, -0.2) is 9.67 Å². The largest absolute Gasteiger partial charge is 0.481 e. The molecule has 116 valence electrons. The molecule has 0 amide bonds. The van der Waals surface area contributed by atoms with E-state index in [4.69, 9.17) is 0 Å². The Morgan fingerprint density at radius 2 is 2.05 bits per heavy atom. The third-order valence-electron chi connectivity index (χ3n) is 4.15. The van der Waals surface area contributed by atoms with Crippen LogP contribution in [0, 0.1) is 19.3 Å². The first kappa shape index (κ1) is 14.5. The fourth-order valence-corrected chi connectivity index (χ4v) is 2.79. The van der Waals surface area contributed by atoms with Crippen molar-refractivity contribution >= 4 is 11.8 Å². The third kappa shape index (κ3) is 2.43. The van der Waals surface area contributed by atoms with Crippen LogP contribution >= 0.6 is 0 Å². The minimum Gasteiger partial charge on any atom is -0.481 e. The standard InChI is InChI=1S/C15H19N5O2/c1-10-6-11(2)20(18-10)13-8-16-7-12(17-13)19-5-4-15(3,9-19)14(21)22/h6-8H,4-5,9H2,1-3H3,(H,21,22). The van der Waals surface area contributed by atoms with Crippen LogP contribution in [-0.2, 0) is 4.79 Å². The summed E-state index contributed by atoms with van der Waals surface area (Å²) in [5.41, 5.74) is 1.18. The van der Waals surface area contributed by atoms with Crippen LogP contribution in [0.2, 0.25) is 0 Å². The van der Waals surface area contributed by atoms with E-state index >= 15 is 0 Å². The van der Waals surface area contributed by atoms with Crippen molar-refractivity contribution in [2.75, 3.05) is 18.0 Å². The molecule has 1 unspecified atom stereocenters. The van der Waals surface area contributed by atoms with Gasteiger partial charge in [0.25, 0.3) is 0 Å². The predicted molar refractivity (Wildman–Crippen MR) is 81.2 cm³/mol. The highest BCUT2D eigenvalue weighted by atomic mass is 16.4. The number of aromatic nitrogens is 4. The predicted octanol–water partition coefficient (Wildman–Crippen LogP) is 1.58. The molecule has 0 bridgehead atoms. The van der Waals surface area contributed by atoms with Crippen LogP contribution in [0.25, 0.3) is 5.82 Å². The quantitative estimate of drug-likeness (QED) is 0.926. The van der Waals surface area contributed by atoms with Gasteiger partial charge in [0.1, 0.15) is 5.82 Å². The van der Waals surface area contributed by atoms with Crippen LogP contribution in [0.15, 0.2) is 18.5 Å². The van der Waals surface area contributed by atoms with Gasteiger partial charge in [-0.15, -0.1) is 0 Å². The van der Waals surface area contributed by atoms with E-state index < -0.39 is 11.4 Å². The molecule has 0 radical (unpaired) electrons. The highest BCUT2D eigenvalue weighted by Crippen LogP contribution is 2.32. The Bertz CT molecular complexity index is 726. The number of hydrogen-bond acceptors (Lipinski definition) is 5. The lowest BCUT2D eigenvalue weighted by Gasteiger charge is -2.21. The molecule has 1 saturated heterocycles.